The summed E-state index contributed by atoms with van der Waals surface area (Å²) in [6.07, 6.45) is 0. The van der Waals surface area contributed by atoms with E-state index in [1.54, 1.807) is 10.4 Å². The van der Waals surface area contributed by atoms with E-state index in [1.807, 2.05) is 26.0 Å². The molecule has 1 aromatic heterocycles. The van der Waals surface area contributed by atoms with Crippen molar-refractivity contribution in [1.29, 1.82) is 0 Å². The summed E-state index contributed by atoms with van der Waals surface area (Å²) in [5, 5.41) is 0.660. The van der Waals surface area contributed by atoms with Crippen LogP contribution in [0.15, 0.2) is 23.1 Å². The average Bonchev–Trinajstić information content (AvgIpc) is 3.01. The van der Waals surface area contributed by atoms with Crippen molar-refractivity contribution in [2.45, 2.75) is 31.9 Å². The van der Waals surface area contributed by atoms with Crippen molar-refractivity contribution in [2.75, 3.05) is 33.0 Å². The third kappa shape index (κ3) is 3.94. The number of sulfonamides is 1. The van der Waals surface area contributed by atoms with Crippen molar-refractivity contribution < 1.29 is 17.9 Å². The van der Waals surface area contributed by atoms with Crippen LogP contribution in [0.4, 0.5) is 0 Å². The first-order valence-corrected chi connectivity index (χ1v) is 11.8. The molecule has 0 amide bonds. The van der Waals surface area contributed by atoms with Crippen molar-refractivity contribution in [3.05, 3.63) is 44.1 Å². The lowest BCUT2D eigenvalue weighted by Gasteiger charge is -2.34. The molecule has 0 N–H and O–H groups in total. The van der Waals surface area contributed by atoms with Gasteiger partial charge in [0.15, 0.2) is 6.79 Å². The SMILES string of the molecule is Cc1cc(S(=O)(=O)N2CCN(Cc3cc(Cl)cc4c3OCOC4)CC2)c(C)s1. The molecule has 1 aromatic carbocycles. The van der Waals surface area contributed by atoms with Gasteiger partial charge in [0.05, 0.1) is 11.5 Å². The third-order valence-electron chi connectivity index (χ3n) is 5.09. The summed E-state index contributed by atoms with van der Waals surface area (Å²) < 4.78 is 38.6. The lowest BCUT2D eigenvalue weighted by atomic mass is 10.1. The zero-order chi connectivity index (χ0) is 19.9. The normalized spacial score (nSPS) is 18.7. The first kappa shape index (κ1) is 20.1. The number of halogens is 1. The Morgan fingerprint density at radius 1 is 1.14 bits per heavy atom. The summed E-state index contributed by atoms with van der Waals surface area (Å²) in [4.78, 5) is 4.55. The summed E-state index contributed by atoms with van der Waals surface area (Å²) in [6.45, 7) is 7.50. The monoisotopic (exact) mass is 442 g/mol. The minimum absolute atomic E-state index is 0.243. The van der Waals surface area contributed by atoms with Crippen molar-refractivity contribution in [3.63, 3.8) is 0 Å². The number of ether oxygens (including phenoxy) is 2. The van der Waals surface area contributed by atoms with Crippen molar-refractivity contribution >= 4 is 33.0 Å². The highest BCUT2D eigenvalue weighted by Gasteiger charge is 2.31. The Labute approximate surface area is 174 Å². The molecular formula is C19H23ClN2O4S2. The van der Waals surface area contributed by atoms with E-state index in [1.165, 1.54) is 11.3 Å². The predicted octanol–water partition coefficient (Wildman–Crippen LogP) is 3.39. The fourth-order valence-corrected chi connectivity index (χ4v) is 6.96. The fraction of sp³-hybridized carbons (Fsp3) is 0.474. The number of rotatable bonds is 4. The fourth-order valence-electron chi connectivity index (χ4n) is 3.75. The van der Waals surface area contributed by atoms with Gasteiger partial charge in [0.1, 0.15) is 5.75 Å². The zero-order valence-corrected chi connectivity index (χ0v) is 18.3. The molecule has 0 unspecified atom stereocenters. The predicted molar refractivity (Wildman–Crippen MR) is 110 cm³/mol. The molecule has 3 heterocycles. The van der Waals surface area contributed by atoms with Gasteiger partial charge in [-0.3, -0.25) is 4.90 Å². The third-order valence-corrected chi connectivity index (χ3v) is 8.43. The molecule has 2 aliphatic heterocycles. The van der Waals surface area contributed by atoms with Crippen LogP contribution < -0.4 is 4.74 Å². The highest BCUT2D eigenvalue weighted by Crippen LogP contribution is 2.33. The molecule has 0 saturated carbocycles. The first-order chi connectivity index (χ1) is 13.3. The van der Waals surface area contributed by atoms with E-state index in [0.717, 1.165) is 26.6 Å². The second-order valence-corrected chi connectivity index (χ2v) is 10.9. The second kappa shape index (κ2) is 7.93. The van der Waals surface area contributed by atoms with Crippen molar-refractivity contribution in [1.82, 2.24) is 9.21 Å². The molecule has 0 radical (unpaired) electrons. The number of hydrogen-bond donors (Lipinski definition) is 0. The Morgan fingerprint density at radius 3 is 2.57 bits per heavy atom. The van der Waals surface area contributed by atoms with Crippen LogP contribution in [0.1, 0.15) is 20.9 Å². The zero-order valence-electron chi connectivity index (χ0n) is 15.9. The molecule has 4 rings (SSSR count). The van der Waals surface area contributed by atoms with Crippen molar-refractivity contribution in [2.24, 2.45) is 0 Å². The molecule has 1 saturated heterocycles. The molecule has 28 heavy (non-hydrogen) atoms. The van der Waals surface area contributed by atoms with Crippen LogP contribution in [0.3, 0.4) is 0 Å². The van der Waals surface area contributed by atoms with Gasteiger partial charge in [0.2, 0.25) is 10.0 Å². The standard InChI is InChI=1S/C19H23ClN2O4S2/c1-13-7-18(14(2)27-13)28(23,24)22-5-3-21(4-6-22)10-15-8-17(20)9-16-11-25-12-26-19(15)16/h7-9H,3-6,10-12H2,1-2H3. The lowest BCUT2D eigenvalue weighted by Crippen LogP contribution is -2.48. The minimum Gasteiger partial charge on any atom is -0.467 e. The van der Waals surface area contributed by atoms with Gasteiger partial charge in [0.25, 0.3) is 0 Å². The largest absolute Gasteiger partial charge is 0.467 e. The van der Waals surface area contributed by atoms with E-state index in [4.69, 9.17) is 21.1 Å². The number of piperazine rings is 1. The number of hydrogen-bond acceptors (Lipinski definition) is 6. The van der Waals surface area contributed by atoms with Crippen LogP contribution in [0.5, 0.6) is 5.75 Å². The van der Waals surface area contributed by atoms with Gasteiger partial charge in [-0.1, -0.05) is 11.6 Å². The highest BCUT2D eigenvalue weighted by molar-refractivity contribution is 7.89. The average molecular weight is 443 g/mol. The molecule has 0 aliphatic carbocycles. The van der Waals surface area contributed by atoms with Crippen LogP contribution in [-0.2, 0) is 27.9 Å². The Bertz CT molecular complexity index is 982. The molecule has 152 valence electrons. The summed E-state index contributed by atoms with van der Waals surface area (Å²) >= 11 is 7.77. The van der Waals surface area contributed by atoms with Gasteiger partial charge in [-0.05, 0) is 32.0 Å². The van der Waals surface area contributed by atoms with E-state index in [9.17, 15) is 8.42 Å². The van der Waals surface area contributed by atoms with Gasteiger partial charge in [0, 0.05) is 58.6 Å². The van der Waals surface area contributed by atoms with Crippen LogP contribution in [0.25, 0.3) is 0 Å². The van der Waals surface area contributed by atoms with Crippen LogP contribution in [0, 0.1) is 13.8 Å². The van der Waals surface area contributed by atoms with Gasteiger partial charge < -0.3 is 9.47 Å². The second-order valence-electron chi connectivity index (χ2n) is 7.12. The van der Waals surface area contributed by atoms with Crippen LogP contribution in [-0.4, -0.2) is 50.6 Å². The van der Waals surface area contributed by atoms with E-state index in [0.29, 0.717) is 49.2 Å². The molecule has 1 fully saturated rings. The minimum atomic E-state index is -3.43. The van der Waals surface area contributed by atoms with Crippen LogP contribution in [0.2, 0.25) is 5.02 Å². The maximum atomic E-state index is 13.0. The van der Waals surface area contributed by atoms with Gasteiger partial charge in [-0.15, -0.1) is 11.3 Å². The van der Waals surface area contributed by atoms with E-state index < -0.39 is 10.0 Å². The number of benzene rings is 1. The van der Waals surface area contributed by atoms with Gasteiger partial charge in [-0.2, -0.15) is 4.31 Å². The number of thiophene rings is 1. The molecule has 2 aromatic rings. The number of fused-ring (bicyclic) bond motifs is 1. The van der Waals surface area contributed by atoms with Crippen molar-refractivity contribution in [3.8, 4) is 5.75 Å². The molecule has 2 aliphatic rings. The summed E-state index contributed by atoms with van der Waals surface area (Å²) in [6, 6.07) is 5.57. The molecule has 0 atom stereocenters. The molecule has 6 nitrogen and oxygen atoms in total. The Kier molecular flexibility index (Phi) is 5.70. The van der Waals surface area contributed by atoms with Gasteiger partial charge >= 0.3 is 0 Å². The van der Waals surface area contributed by atoms with E-state index in [-0.39, 0.29) is 6.79 Å². The Hall–Kier alpha value is -1.16. The molecular weight excluding hydrogens is 420 g/mol. The van der Waals surface area contributed by atoms with E-state index in [2.05, 4.69) is 4.90 Å². The maximum absolute atomic E-state index is 13.0. The Balaban J connectivity index is 1.45. The summed E-state index contributed by atoms with van der Waals surface area (Å²) in [7, 11) is -3.43. The number of aryl methyl sites for hydroxylation is 2. The Morgan fingerprint density at radius 2 is 1.89 bits per heavy atom. The molecule has 0 spiro atoms. The quantitative estimate of drug-likeness (QED) is 0.726. The summed E-state index contributed by atoms with van der Waals surface area (Å²) in [5.74, 6) is 0.843. The van der Waals surface area contributed by atoms with Gasteiger partial charge in [-0.25, -0.2) is 8.42 Å². The topological polar surface area (TPSA) is 59.1 Å². The van der Waals surface area contributed by atoms with Crippen LogP contribution >= 0.6 is 22.9 Å². The van der Waals surface area contributed by atoms with E-state index >= 15 is 0 Å². The first-order valence-electron chi connectivity index (χ1n) is 9.16. The molecule has 9 heteroatoms. The molecule has 0 bridgehead atoms. The number of nitrogens with zero attached hydrogens (tertiary/aromatic N) is 2. The summed E-state index contributed by atoms with van der Waals surface area (Å²) in [5.41, 5.74) is 1.98. The highest BCUT2D eigenvalue weighted by atomic mass is 35.5. The smallest absolute Gasteiger partial charge is 0.244 e. The maximum Gasteiger partial charge on any atom is 0.244 e. The lowest BCUT2D eigenvalue weighted by molar-refractivity contribution is -0.0175.